The molecule has 1 N–H and O–H groups in total. The number of rotatable bonds is 5. The molecule has 0 aliphatic heterocycles. The van der Waals surface area contributed by atoms with Crippen LogP contribution in [0.25, 0.3) is 0 Å². The van der Waals surface area contributed by atoms with Crippen LogP contribution >= 0.6 is 0 Å². The van der Waals surface area contributed by atoms with E-state index in [1.54, 1.807) is 18.2 Å². The standard InChI is InChI=1S/C15H17FN2O/c1-3-9-17-14-5-4-6-15(18-14)19-13-10-11(2)7-8-12(13)16/h4-8,10H,3,9H2,1-2H3,(H,17,18). The van der Waals surface area contributed by atoms with Crippen LogP contribution in [0.4, 0.5) is 10.2 Å². The van der Waals surface area contributed by atoms with E-state index < -0.39 is 0 Å². The largest absolute Gasteiger partial charge is 0.436 e. The molecule has 0 aliphatic rings. The van der Waals surface area contributed by atoms with Gasteiger partial charge in [0.25, 0.3) is 0 Å². The monoisotopic (exact) mass is 260 g/mol. The van der Waals surface area contributed by atoms with Crippen LogP contribution in [0.2, 0.25) is 0 Å². The highest BCUT2D eigenvalue weighted by Crippen LogP contribution is 2.24. The van der Waals surface area contributed by atoms with Crippen LogP contribution < -0.4 is 10.1 Å². The lowest BCUT2D eigenvalue weighted by Gasteiger charge is -2.09. The number of anilines is 1. The molecule has 19 heavy (non-hydrogen) atoms. The lowest BCUT2D eigenvalue weighted by atomic mass is 10.2. The summed E-state index contributed by atoms with van der Waals surface area (Å²) in [5.74, 6) is 0.914. The molecule has 0 aliphatic carbocycles. The molecule has 0 amide bonds. The molecule has 0 unspecified atom stereocenters. The Morgan fingerprint density at radius 2 is 2.11 bits per heavy atom. The van der Waals surface area contributed by atoms with Crippen molar-refractivity contribution in [3.05, 3.63) is 47.8 Å². The van der Waals surface area contributed by atoms with Gasteiger partial charge in [0.15, 0.2) is 11.6 Å². The Hall–Kier alpha value is -2.10. The van der Waals surface area contributed by atoms with Crippen molar-refractivity contribution < 1.29 is 9.13 Å². The van der Waals surface area contributed by atoms with Gasteiger partial charge in [0.1, 0.15) is 5.82 Å². The summed E-state index contributed by atoms with van der Waals surface area (Å²) in [5.41, 5.74) is 0.941. The van der Waals surface area contributed by atoms with Crippen molar-refractivity contribution in [2.24, 2.45) is 0 Å². The number of hydrogen-bond acceptors (Lipinski definition) is 3. The number of ether oxygens (including phenoxy) is 1. The van der Waals surface area contributed by atoms with E-state index in [1.807, 2.05) is 19.1 Å². The van der Waals surface area contributed by atoms with Crippen LogP contribution in [-0.2, 0) is 0 Å². The minimum Gasteiger partial charge on any atom is -0.436 e. The molecule has 1 aromatic carbocycles. The number of aromatic nitrogens is 1. The van der Waals surface area contributed by atoms with Gasteiger partial charge in [0.2, 0.25) is 5.88 Å². The Balaban J connectivity index is 2.16. The van der Waals surface area contributed by atoms with E-state index in [-0.39, 0.29) is 11.6 Å². The lowest BCUT2D eigenvalue weighted by molar-refractivity contribution is 0.427. The van der Waals surface area contributed by atoms with Crippen LogP contribution in [0, 0.1) is 12.7 Å². The van der Waals surface area contributed by atoms with Gasteiger partial charge < -0.3 is 10.1 Å². The van der Waals surface area contributed by atoms with E-state index in [0.29, 0.717) is 5.88 Å². The highest BCUT2D eigenvalue weighted by Gasteiger charge is 2.06. The van der Waals surface area contributed by atoms with Gasteiger partial charge >= 0.3 is 0 Å². The van der Waals surface area contributed by atoms with E-state index in [1.165, 1.54) is 6.07 Å². The number of nitrogens with zero attached hydrogens (tertiary/aromatic N) is 1. The fourth-order valence-corrected chi connectivity index (χ4v) is 1.62. The Bertz CT molecular complexity index is 558. The first-order valence-corrected chi connectivity index (χ1v) is 6.34. The van der Waals surface area contributed by atoms with E-state index >= 15 is 0 Å². The first-order valence-electron chi connectivity index (χ1n) is 6.34. The summed E-state index contributed by atoms with van der Waals surface area (Å²) >= 11 is 0. The van der Waals surface area contributed by atoms with Crippen molar-refractivity contribution in [3.8, 4) is 11.6 Å². The molecule has 0 bridgehead atoms. The molecule has 0 fully saturated rings. The average Bonchev–Trinajstić information content (AvgIpc) is 2.41. The number of aryl methyl sites for hydroxylation is 1. The van der Waals surface area contributed by atoms with Gasteiger partial charge in [-0.1, -0.05) is 19.1 Å². The zero-order valence-corrected chi connectivity index (χ0v) is 11.1. The van der Waals surface area contributed by atoms with Crippen LogP contribution in [0.3, 0.4) is 0 Å². The molecule has 2 aromatic rings. The summed E-state index contributed by atoms with van der Waals surface area (Å²) in [6.07, 6.45) is 1.01. The Morgan fingerprint density at radius 3 is 2.89 bits per heavy atom. The van der Waals surface area contributed by atoms with E-state index in [4.69, 9.17) is 4.74 Å². The second-order valence-corrected chi connectivity index (χ2v) is 4.32. The highest BCUT2D eigenvalue weighted by molar-refractivity contribution is 5.39. The summed E-state index contributed by atoms with van der Waals surface area (Å²) in [6, 6.07) is 10.1. The summed E-state index contributed by atoms with van der Waals surface area (Å²) in [5, 5.41) is 3.16. The fraction of sp³-hybridized carbons (Fsp3) is 0.267. The molecule has 0 spiro atoms. The van der Waals surface area contributed by atoms with Crippen LogP contribution in [0.1, 0.15) is 18.9 Å². The normalized spacial score (nSPS) is 10.3. The van der Waals surface area contributed by atoms with E-state index in [0.717, 1.165) is 24.3 Å². The molecular formula is C15H17FN2O. The SMILES string of the molecule is CCCNc1cccc(Oc2cc(C)ccc2F)n1. The molecule has 0 radical (unpaired) electrons. The van der Waals surface area contributed by atoms with Crippen molar-refractivity contribution in [2.75, 3.05) is 11.9 Å². The third-order valence-corrected chi connectivity index (χ3v) is 2.58. The molecule has 3 nitrogen and oxygen atoms in total. The first kappa shape index (κ1) is 13.3. The zero-order valence-electron chi connectivity index (χ0n) is 11.1. The predicted octanol–water partition coefficient (Wildman–Crippen LogP) is 4.14. The smallest absolute Gasteiger partial charge is 0.221 e. The third-order valence-electron chi connectivity index (χ3n) is 2.58. The predicted molar refractivity (Wildman–Crippen MR) is 74.2 cm³/mol. The maximum Gasteiger partial charge on any atom is 0.221 e. The van der Waals surface area contributed by atoms with E-state index in [9.17, 15) is 4.39 Å². The highest BCUT2D eigenvalue weighted by atomic mass is 19.1. The molecule has 1 aromatic heterocycles. The van der Waals surface area contributed by atoms with Gasteiger partial charge in [0, 0.05) is 12.6 Å². The minimum atomic E-state index is -0.390. The van der Waals surface area contributed by atoms with Gasteiger partial charge in [-0.3, -0.25) is 0 Å². The zero-order chi connectivity index (χ0) is 13.7. The van der Waals surface area contributed by atoms with Gasteiger partial charge in [-0.2, -0.15) is 4.98 Å². The summed E-state index contributed by atoms with van der Waals surface area (Å²) < 4.78 is 19.1. The minimum absolute atomic E-state index is 0.195. The van der Waals surface area contributed by atoms with Crippen molar-refractivity contribution in [3.63, 3.8) is 0 Å². The van der Waals surface area contributed by atoms with Gasteiger partial charge in [0.05, 0.1) is 0 Å². The summed E-state index contributed by atoms with van der Waals surface area (Å²) in [6.45, 7) is 4.81. The van der Waals surface area contributed by atoms with Gasteiger partial charge in [-0.05, 0) is 37.1 Å². The topological polar surface area (TPSA) is 34.1 Å². The quantitative estimate of drug-likeness (QED) is 0.877. The maximum absolute atomic E-state index is 13.6. The Kier molecular flexibility index (Phi) is 4.34. The first-order chi connectivity index (χ1) is 9.19. The van der Waals surface area contributed by atoms with Crippen LogP contribution in [0.15, 0.2) is 36.4 Å². The van der Waals surface area contributed by atoms with Crippen molar-refractivity contribution in [2.45, 2.75) is 20.3 Å². The van der Waals surface area contributed by atoms with Crippen molar-refractivity contribution >= 4 is 5.82 Å². The number of nitrogens with one attached hydrogen (secondary N) is 1. The Labute approximate surface area is 112 Å². The van der Waals surface area contributed by atoms with Crippen LogP contribution in [0.5, 0.6) is 11.6 Å². The Morgan fingerprint density at radius 1 is 1.26 bits per heavy atom. The number of halogens is 1. The van der Waals surface area contributed by atoms with Crippen LogP contribution in [-0.4, -0.2) is 11.5 Å². The second kappa shape index (κ2) is 6.18. The molecule has 0 atom stereocenters. The fourth-order valence-electron chi connectivity index (χ4n) is 1.62. The summed E-state index contributed by atoms with van der Waals surface area (Å²) in [7, 11) is 0. The van der Waals surface area contributed by atoms with Crippen molar-refractivity contribution in [1.29, 1.82) is 0 Å². The molecule has 4 heteroatoms. The second-order valence-electron chi connectivity index (χ2n) is 4.32. The number of hydrogen-bond donors (Lipinski definition) is 1. The van der Waals surface area contributed by atoms with Gasteiger partial charge in [-0.15, -0.1) is 0 Å². The third kappa shape index (κ3) is 3.68. The maximum atomic E-state index is 13.6. The summed E-state index contributed by atoms with van der Waals surface area (Å²) in [4.78, 5) is 4.28. The number of pyridine rings is 1. The number of benzene rings is 1. The molecule has 2 rings (SSSR count). The molecule has 0 saturated carbocycles. The molecule has 100 valence electrons. The lowest BCUT2D eigenvalue weighted by Crippen LogP contribution is -2.02. The molecule has 1 heterocycles. The van der Waals surface area contributed by atoms with Crippen molar-refractivity contribution in [1.82, 2.24) is 4.98 Å². The molecule has 0 saturated heterocycles. The van der Waals surface area contributed by atoms with Gasteiger partial charge in [-0.25, -0.2) is 4.39 Å². The average molecular weight is 260 g/mol. The van der Waals surface area contributed by atoms with E-state index in [2.05, 4.69) is 17.2 Å². The molecular weight excluding hydrogens is 243 g/mol.